The Labute approximate surface area is 82.5 Å². The summed E-state index contributed by atoms with van der Waals surface area (Å²) in [6.45, 7) is 0. The summed E-state index contributed by atoms with van der Waals surface area (Å²) in [6.07, 6.45) is -6.81. The second-order valence-corrected chi connectivity index (χ2v) is 3.86. The maximum absolute atomic E-state index is 12.3. The fourth-order valence-electron chi connectivity index (χ4n) is 0.426. The Bertz CT molecular complexity index is 419. The Balaban J connectivity index is 5.82. The normalized spacial score (nSPS) is 14.4. The monoisotopic (exact) mass is 275 g/mol. The highest BCUT2D eigenvalue weighted by Crippen LogP contribution is 2.49. The fourth-order valence-corrected chi connectivity index (χ4v) is 1.06. The van der Waals surface area contributed by atoms with Gasteiger partial charge in [0.1, 0.15) is 0 Å². The maximum Gasteiger partial charge on any atom is 0.461 e. The number of hydrogen-bond donors (Lipinski definition) is 0. The van der Waals surface area contributed by atoms with Crippen LogP contribution in [0.4, 0.5) is 30.7 Å². The third-order valence-corrected chi connectivity index (χ3v) is 2.38. The predicted molar refractivity (Wildman–Crippen MR) is 34.0 cm³/mol. The number of nitrogens with zero attached hydrogens (tertiary/aromatic N) is 3. The summed E-state index contributed by atoms with van der Waals surface area (Å²) in [6, 6.07) is 0. The Morgan fingerprint density at radius 2 is 1.38 bits per heavy atom. The van der Waals surface area contributed by atoms with Gasteiger partial charge < -0.3 is 0 Å². The Kier molecular flexibility index (Phi) is 3.38. The van der Waals surface area contributed by atoms with E-state index in [1.54, 1.807) is 0 Å². The summed E-state index contributed by atoms with van der Waals surface area (Å²) in [7, 11) is -6.65. The van der Waals surface area contributed by atoms with E-state index >= 15 is 0 Å². The molecule has 0 heterocycles. The molecule has 5 nitrogen and oxygen atoms in total. The summed E-state index contributed by atoms with van der Waals surface area (Å²) in [5.41, 5.74) is 7.45. The van der Waals surface area contributed by atoms with E-state index in [-0.39, 0.29) is 0 Å². The standard InChI is InChI=1S/C3F7N3O2S/c4-1(5,2(6,7)8)3(9,10)16(14,15)13-12-11. The Morgan fingerprint density at radius 1 is 1.00 bits per heavy atom. The number of hydrogen-bond acceptors (Lipinski definition) is 2. The minimum Gasteiger partial charge on any atom is -0.214 e. The molecule has 0 rings (SSSR count). The van der Waals surface area contributed by atoms with Crippen LogP contribution in [0.5, 0.6) is 0 Å². The van der Waals surface area contributed by atoms with Crippen molar-refractivity contribution in [3.8, 4) is 0 Å². The van der Waals surface area contributed by atoms with Gasteiger partial charge in [-0.3, -0.25) is 0 Å². The molecule has 0 saturated carbocycles. The van der Waals surface area contributed by atoms with Crippen molar-refractivity contribution in [3.63, 3.8) is 0 Å². The summed E-state index contributed by atoms with van der Waals surface area (Å²) >= 11 is 0. The van der Waals surface area contributed by atoms with Crippen molar-refractivity contribution in [2.24, 2.45) is 4.52 Å². The van der Waals surface area contributed by atoms with Crippen molar-refractivity contribution in [2.45, 2.75) is 17.4 Å². The Hall–Kier alpha value is -1.23. The molecule has 0 aliphatic carbocycles. The predicted octanol–water partition coefficient (Wildman–Crippen LogP) is 2.42. The molecule has 0 aliphatic heterocycles. The molecule has 0 fully saturated rings. The van der Waals surface area contributed by atoms with Crippen molar-refractivity contribution in [1.82, 2.24) is 0 Å². The molecule has 0 unspecified atom stereocenters. The van der Waals surface area contributed by atoms with Crippen LogP contribution in [0, 0.1) is 0 Å². The van der Waals surface area contributed by atoms with E-state index < -0.39 is 27.4 Å². The molecule has 0 amide bonds. The molecule has 0 bridgehead atoms. The van der Waals surface area contributed by atoms with Crippen LogP contribution in [0.2, 0.25) is 0 Å². The van der Waals surface area contributed by atoms with Gasteiger partial charge in [0.25, 0.3) is 0 Å². The number of halogens is 7. The third-order valence-electron chi connectivity index (χ3n) is 1.19. The van der Waals surface area contributed by atoms with Crippen LogP contribution in [0.25, 0.3) is 10.4 Å². The highest BCUT2D eigenvalue weighted by atomic mass is 32.2. The number of azide groups is 1. The Morgan fingerprint density at radius 3 is 1.62 bits per heavy atom. The molecule has 16 heavy (non-hydrogen) atoms. The van der Waals surface area contributed by atoms with Crippen molar-refractivity contribution in [2.75, 3.05) is 0 Å². The van der Waals surface area contributed by atoms with Crippen LogP contribution in [0.1, 0.15) is 0 Å². The highest BCUT2D eigenvalue weighted by Gasteiger charge is 2.78. The second kappa shape index (κ2) is 3.66. The second-order valence-electron chi connectivity index (χ2n) is 2.24. The van der Waals surface area contributed by atoms with Gasteiger partial charge in [-0.2, -0.15) is 30.7 Å². The summed E-state index contributed by atoms with van der Waals surface area (Å²) in [4.78, 5) is 1.23. The molecule has 0 aromatic rings. The van der Waals surface area contributed by atoms with Gasteiger partial charge in [0.2, 0.25) is 0 Å². The van der Waals surface area contributed by atoms with Gasteiger partial charge in [-0.05, 0) is 5.53 Å². The lowest BCUT2D eigenvalue weighted by Crippen LogP contribution is -2.55. The first-order valence-electron chi connectivity index (χ1n) is 2.94. The minimum absolute atomic E-state index is 1.23. The SMILES string of the molecule is [N-]=[N+]=NS(=O)(=O)C(F)(F)C(F)(F)C(F)(F)F. The summed E-state index contributed by atoms with van der Waals surface area (Å²) in [5.74, 6) is -6.87. The molecular formula is C3F7N3O2S. The van der Waals surface area contributed by atoms with Crippen LogP contribution in [-0.2, 0) is 10.0 Å². The molecule has 0 aromatic carbocycles. The van der Waals surface area contributed by atoms with Gasteiger partial charge in [0.05, 0.1) is 0 Å². The van der Waals surface area contributed by atoms with E-state index in [1.807, 2.05) is 0 Å². The zero-order valence-electron chi connectivity index (χ0n) is 6.71. The quantitative estimate of drug-likeness (QED) is 0.343. The van der Waals surface area contributed by atoms with Gasteiger partial charge in [0.15, 0.2) is 0 Å². The molecule has 0 N–H and O–H groups in total. The van der Waals surface area contributed by atoms with Gasteiger partial charge in [-0.25, -0.2) is 8.42 Å². The van der Waals surface area contributed by atoms with E-state index in [4.69, 9.17) is 5.53 Å². The minimum atomic E-state index is -6.87. The van der Waals surface area contributed by atoms with Crippen molar-refractivity contribution in [3.05, 3.63) is 10.4 Å². The lowest BCUT2D eigenvalue weighted by Gasteiger charge is -2.25. The van der Waals surface area contributed by atoms with Crippen LogP contribution >= 0.6 is 0 Å². The van der Waals surface area contributed by atoms with Gasteiger partial charge in [-0.15, -0.1) is 0 Å². The van der Waals surface area contributed by atoms with E-state index in [1.165, 1.54) is 9.43 Å². The van der Waals surface area contributed by atoms with Gasteiger partial charge >= 0.3 is 27.4 Å². The molecule has 0 aliphatic rings. The fraction of sp³-hybridized carbons (Fsp3) is 1.00. The molecule has 13 heteroatoms. The van der Waals surface area contributed by atoms with Gasteiger partial charge in [-0.1, -0.05) is 0 Å². The summed E-state index contributed by atoms with van der Waals surface area (Å²) < 4.78 is 105. The maximum atomic E-state index is 12.3. The molecule has 0 atom stereocenters. The molecule has 0 radical (unpaired) electrons. The average molecular weight is 275 g/mol. The lowest BCUT2D eigenvalue weighted by atomic mass is 10.3. The molecular weight excluding hydrogens is 275 g/mol. The average Bonchev–Trinajstić information content (AvgIpc) is 2.01. The van der Waals surface area contributed by atoms with Crippen LogP contribution < -0.4 is 0 Å². The first kappa shape index (κ1) is 14.8. The van der Waals surface area contributed by atoms with Crippen molar-refractivity contribution < 1.29 is 39.2 Å². The molecule has 0 aromatic heterocycles. The summed E-state index contributed by atoms with van der Waals surface area (Å²) in [5, 5.41) is -6.58. The van der Waals surface area contributed by atoms with Crippen molar-refractivity contribution in [1.29, 1.82) is 0 Å². The zero-order valence-corrected chi connectivity index (χ0v) is 7.53. The van der Waals surface area contributed by atoms with Crippen LogP contribution in [0.15, 0.2) is 4.52 Å². The number of rotatable bonds is 3. The first-order chi connectivity index (χ1) is 6.81. The molecule has 0 spiro atoms. The number of sulfonamides is 1. The van der Waals surface area contributed by atoms with Crippen LogP contribution in [-0.4, -0.2) is 25.8 Å². The third kappa shape index (κ3) is 2.00. The van der Waals surface area contributed by atoms with E-state index in [2.05, 4.69) is 0 Å². The largest absolute Gasteiger partial charge is 0.461 e. The molecule has 94 valence electrons. The highest BCUT2D eigenvalue weighted by molar-refractivity contribution is 7.91. The zero-order chi connectivity index (χ0) is 13.4. The smallest absolute Gasteiger partial charge is 0.214 e. The first-order valence-corrected chi connectivity index (χ1v) is 4.38. The lowest BCUT2D eigenvalue weighted by molar-refractivity contribution is -0.332. The molecule has 0 saturated heterocycles. The topological polar surface area (TPSA) is 82.9 Å². The van der Waals surface area contributed by atoms with E-state index in [9.17, 15) is 39.2 Å². The van der Waals surface area contributed by atoms with Gasteiger partial charge in [0, 0.05) is 9.43 Å². The number of alkyl halides is 7. The van der Waals surface area contributed by atoms with Crippen LogP contribution in [0.3, 0.4) is 0 Å². The van der Waals surface area contributed by atoms with Crippen molar-refractivity contribution >= 4 is 10.0 Å². The van der Waals surface area contributed by atoms with E-state index in [0.29, 0.717) is 0 Å². The van der Waals surface area contributed by atoms with E-state index in [0.717, 1.165) is 0 Å².